The Morgan fingerprint density at radius 3 is 2.57 bits per heavy atom. The van der Waals surface area contributed by atoms with E-state index in [4.69, 9.17) is 20.2 Å². The minimum atomic E-state index is 0.635. The highest BCUT2D eigenvalue weighted by Gasteiger charge is 2.12. The lowest BCUT2D eigenvalue weighted by atomic mass is 10.1. The van der Waals surface area contributed by atoms with Gasteiger partial charge in [-0.25, -0.2) is 4.98 Å². The maximum absolute atomic E-state index is 5.71. The summed E-state index contributed by atoms with van der Waals surface area (Å²) in [5.41, 5.74) is 7.87. The van der Waals surface area contributed by atoms with E-state index in [1.165, 1.54) is 4.88 Å². The van der Waals surface area contributed by atoms with Gasteiger partial charge in [-0.05, 0) is 44.2 Å². The number of hydrogen-bond acceptors (Lipinski definition) is 5. The van der Waals surface area contributed by atoms with Gasteiger partial charge in [0.05, 0.1) is 23.9 Å². The van der Waals surface area contributed by atoms with Crippen LogP contribution in [0, 0.1) is 0 Å². The van der Waals surface area contributed by atoms with E-state index < -0.39 is 0 Å². The Bertz CT molecular complexity index is 552. The number of benzene rings is 1. The lowest BCUT2D eigenvalue weighted by molar-refractivity contribution is 0.202. The van der Waals surface area contributed by atoms with Gasteiger partial charge in [0.25, 0.3) is 0 Å². The second-order valence-electron chi connectivity index (χ2n) is 4.62. The monoisotopic (exact) mass is 306 g/mol. The van der Waals surface area contributed by atoms with Crippen LogP contribution in [0.1, 0.15) is 16.8 Å². The molecule has 4 nitrogen and oxygen atoms in total. The fourth-order valence-electron chi connectivity index (χ4n) is 2.10. The van der Waals surface area contributed by atoms with E-state index in [0.29, 0.717) is 19.8 Å². The molecule has 1 heterocycles. The van der Waals surface area contributed by atoms with Crippen molar-refractivity contribution in [1.29, 1.82) is 0 Å². The van der Waals surface area contributed by atoms with Crippen LogP contribution in [0.3, 0.4) is 0 Å². The van der Waals surface area contributed by atoms with Crippen molar-refractivity contribution in [1.82, 2.24) is 4.98 Å². The van der Waals surface area contributed by atoms with Gasteiger partial charge >= 0.3 is 0 Å². The van der Waals surface area contributed by atoms with E-state index in [-0.39, 0.29) is 0 Å². The predicted molar refractivity (Wildman–Crippen MR) is 87.1 cm³/mol. The van der Waals surface area contributed by atoms with Gasteiger partial charge in [-0.2, -0.15) is 0 Å². The van der Waals surface area contributed by atoms with Crippen LogP contribution in [0.4, 0.5) is 0 Å². The number of rotatable bonds is 8. The third kappa shape index (κ3) is 4.27. The first-order valence-corrected chi connectivity index (χ1v) is 8.01. The highest BCUT2D eigenvalue weighted by molar-refractivity contribution is 7.12. The molecule has 2 aromatic rings. The number of nitrogens with zero attached hydrogens (tertiary/aromatic N) is 1. The van der Waals surface area contributed by atoms with Crippen molar-refractivity contribution in [2.45, 2.75) is 19.8 Å². The van der Waals surface area contributed by atoms with Gasteiger partial charge in [-0.1, -0.05) is 0 Å². The molecule has 0 amide bonds. The van der Waals surface area contributed by atoms with Crippen LogP contribution in [-0.2, 0) is 17.6 Å². The third-order valence-electron chi connectivity index (χ3n) is 3.07. The number of nitrogens with two attached hydrogens (primary N) is 1. The van der Waals surface area contributed by atoms with E-state index in [1.807, 2.05) is 19.1 Å². The van der Waals surface area contributed by atoms with Crippen LogP contribution < -0.4 is 10.5 Å². The number of aromatic nitrogens is 1. The van der Waals surface area contributed by atoms with Gasteiger partial charge in [-0.15, -0.1) is 11.3 Å². The first-order chi connectivity index (χ1) is 10.3. The van der Waals surface area contributed by atoms with Gasteiger partial charge in [-0.3, -0.25) is 0 Å². The highest BCUT2D eigenvalue weighted by Crippen LogP contribution is 2.30. The number of hydrogen-bond donors (Lipinski definition) is 1. The van der Waals surface area contributed by atoms with E-state index in [1.54, 1.807) is 18.4 Å². The Morgan fingerprint density at radius 1 is 1.19 bits per heavy atom. The molecule has 21 heavy (non-hydrogen) atoms. The van der Waals surface area contributed by atoms with Gasteiger partial charge in [0.15, 0.2) is 0 Å². The van der Waals surface area contributed by atoms with Crippen molar-refractivity contribution in [2.24, 2.45) is 5.73 Å². The minimum Gasteiger partial charge on any atom is -0.494 e. The SMILES string of the molecule is CCOc1ccc(-c2nc(CCOC)sc2CCN)cc1. The molecule has 0 spiro atoms. The smallest absolute Gasteiger partial charge is 0.119 e. The molecular weight excluding hydrogens is 284 g/mol. The zero-order chi connectivity index (χ0) is 15.1. The Labute approximate surface area is 129 Å². The number of methoxy groups -OCH3 is 1. The fraction of sp³-hybridized carbons (Fsp3) is 0.438. The molecule has 0 atom stereocenters. The second-order valence-corrected chi connectivity index (χ2v) is 5.79. The van der Waals surface area contributed by atoms with Gasteiger partial charge < -0.3 is 15.2 Å². The molecule has 0 fully saturated rings. The molecule has 0 aliphatic rings. The van der Waals surface area contributed by atoms with Crippen LogP contribution in [0.15, 0.2) is 24.3 Å². The van der Waals surface area contributed by atoms with Crippen molar-refractivity contribution in [2.75, 3.05) is 26.9 Å². The summed E-state index contributed by atoms with van der Waals surface area (Å²) in [5.74, 6) is 0.886. The molecule has 0 unspecified atom stereocenters. The van der Waals surface area contributed by atoms with E-state index >= 15 is 0 Å². The number of thiazole rings is 1. The molecule has 114 valence electrons. The molecule has 0 saturated heterocycles. The normalized spacial score (nSPS) is 10.8. The molecule has 2 N–H and O–H groups in total. The molecule has 0 aliphatic carbocycles. The van der Waals surface area contributed by atoms with Gasteiger partial charge in [0.1, 0.15) is 5.75 Å². The van der Waals surface area contributed by atoms with E-state index in [9.17, 15) is 0 Å². The lowest BCUT2D eigenvalue weighted by Gasteiger charge is -2.05. The second kappa shape index (κ2) is 8.12. The molecule has 0 bridgehead atoms. The molecule has 0 aliphatic heterocycles. The molecule has 2 rings (SSSR count). The number of ether oxygens (including phenoxy) is 2. The van der Waals surface area contributed by atoms with Crippen molar-refractivity contribution in [3.63, 3.8) is 0 Å². The topological polar surface area (TPSA) is 57.4 Å². The van der Waals surface area contributed by atoms with Gasteiger partial charge in [0.2, 0.25) is 0 Å². The quantitative estimate of drug-likeness (QED) is 0.814. The van der Waals surface area contributed by atoms with Crippen LogP contribution in [0.5, 0.6) is 5.75 Å². The maximum Gasteiger partial charge on any atom is 0.119 e. The van der Waals surface area contributed by atoms with Crippen molar-refractivity contribution < 1.29 is 9.47 Å². The van der Waals surface area contributed by atoms with Crippen molar-refractivity contribution >= 4 is 11.3 Å². The summed E-state index contributed by atoms with van der Waals surface area (Å²) in [6.07, 6.45) is 1.70. The summed E-state index contributed by atoms with van der Waals surface area (Å²) in [4.78, 5) is 6.00. The molecule has 0 radical (unpaired) electrons. The molecule has 1 aromatic carbocycles. The van der Waals surface area contributed by atoms with Crippen LogP contribution in [-0.4, -0.2) is 31.9 Å². The minimum absolute atomic E-state index is 0.635. The Balaban J connectivity index is 2.25. The highest BCUT2D eigenvalue weighted by atomic mass is 32.1. The van der Waals surface area contributed by atoms with E-state index in [0.717, 1.165) is 34.9 Å². The Hall–Kier alpha value is -1.43. The molecule has 1 aromatic heterocycles. The Kier molecular flexibility index (Phi) is 6.17. The average Bonchev–Trinajstić information content (AvgIpc) is 2.90. The van der Waals surface area contributed by atoms with Crippen molar-refractivity contribution in [3.8, 4) is 17.0 Å². The first kappa shape index (κ1) is 15.9. The molecular formula is C16H22N2O2S. The summed E-state index contributed by atoms with van der Waals surface area (Å²) < 4.78 is 10.6. The standard InChI is InChI=1S/C16H22N2O2S/c1-3-20-13-6-4-12(5-7-13)16-14(8-10-17)21-15(18-16)9-11-19-2/h4-7H,3,8-11,17H2,1-2H3. The molecule has 0 saturated carbocycles. The summed E-state index contributed by atoms with van der Waals surface area (Å²) in [6.45, 7) is 3.99. The Morgan fingerprint density at radius 2 is 1.95 bits per heavy atom. The van der Waals surface area contributed by atoms with Crippen LogP contribution in [0.2, 0.25) is 0 Å². The van der Waals surface area contributed by atoms with E-state index in [2.05, 4.69) is 12.1 Å². The summed E-state index contributed by atoms with van der Waals surface area (Å²) in [5, 5.41) is 1.10. The summed E-state index contributed by atoms with van der Waals surface area (Å²) in [7, 11) is 1.71. The average molecular weight is 306 g/mol. The summed E-state index contributed by atoms with van der Waals surface area (Å²) in [6, 6.07) is 8.08. The third-order valence-corrected chi connectivity index (χ3v) is 4.25. The van der Waals surface area contributed by atoms with Gasteiger partial charge in [0, 0.05) is 24.0 Å². The predicted octanol–water partition coefficient (Wildman–Crippen LogP) is 2.90. The fourth-order valence-corrected chi connectivity index (χ4v) is 3.19. The van der Waals surface area contributed by atoms with Crippen LogP contribution in [0.25, 0.3) is 11.3 Å². The largest absolute Gasteiger partial charge is 0.494 e. The first-order valence-electron chi connectivity index (χ1n) is 7.19. The zero-order valence-corrected chi connectivity index (χ0v) is 13.4. The lowest BCUT2D eigenvalue weighted by Crippen LogP contribution is -2.02. The maximum atomic E-state index is 5.71. The van der Waals surface area contributed by atoms with Crippen molar-refractivity contribution in [3.05, 3.63) is 34.2 Å². The van der Waals surface area contributed by atoms with Crippen LogP contribution >= 0.6 is 11.3 Å². The molecule has 5 heteroatoms. The summed E-state index contributed by atoms with van der Waals surface area (Å²) >= 11 is 1.73. The zero-order valence-electron chi connectivity index (χ0n) is 12.6.